The van der Waals surface area contributed by atoms with Gasteiger partial charge in [0.2, 0.25) is 0 Å². The van der Waals surface area contributed by atoms with Crippen LogP contribution in [0.1, 0.15) is 11.1 Å². The smallest absolute Gasteiger partial charge is 0.293 e. The van der Waals surface area contributed by atoms with Crippen molar-refractivity contribution in [3.8, 4) is 11.5 Å². The molecule has 1 aliphatic heterocycles. The highest BCUT2D eigenvalue weighted by Gasteiger charge is 2.35. The zero-order valence-corrected chi connectivity index (χ0v) is 20.8. The van der Waals surface area contributed by atoms with E-state index < -0.39 is 5.91 Å². The standard InChI is InChI=1S/C25H18BrClFNO4S/c26-18-5-10-22(33-15-16-3-1-2-4-21(16)28)17(13-18)14-23-24(30)29(25(31)34-23)11-12-32-20-8-6-19(27)7-9-20/h1-10,13-14H,11-12,15H2/b23-14-. The number of rotatable bonds is 8. The maximum Gasteiger partial charge on any atom is 0.293 e. The van der Waals surface area contributed by atoms with E-state index in [4.69, 9.17) is 21.1 Å². The van der Waals surface area contributed by atoms with Gasteiger partial charge in [-0.15, -0.1) is 0 Å². The third-order valence-corrected chi connectivity index (χ3v) is 6.52. The van der Waals surface area contributed by atoms with E-state index in [1.54, 1.807) is 66.7 Å². The Morgan fingerprint density at radius 2 is 1.79 bits per heavy atom. The fraction of sp³-hybridized carbons (Fsp3) is 0.120. The Balaban J connectivity index is 1.45. The summed E-state index contributed by atoms with van der Waals surface area (Å²) in [4.78, 5) is 26.7. The molecule has 9 heteroatoms. The summed E-state index contributed by atoms with van der Waals surface area (Å²) in [7, 11) is 0. The second-order valence-corrected chi connectivity index (χ2v) is 9.54. The number of nitrogens with zero attached hydrogens (tertiary/aromatic N) is 1. The summed E-state index contributed by atoms with van der Waals surface area (Å²) in [5.74, 6) is 0.292. The zero-order valence-electron chi connectivity index (χ0n) is 17.7. The predicted molar refractivity (Wildman–Crippen MR) is 134 cm³/mol. The number of thioether (sulfide) groups is 1. The Kier molecular flexibility index (Phi) is 7.92. The van der Waals surface area contributed by atoms with Crippen molar-refractivity contribution in [1.82, 2.24) is 4.90 Å². The van der Waals surface area contributed by atoms with Gasteiger partial charge in [0, 0.05) is 20.6 Å². The first-order valence-corrected chi connectivity index (χ1v) is 12.2. The minimum absolute atomic E-state index is 0.0264. The van der Waals surface area contributed by atoms with Crippen LogP contribution in [0.5, 0.6) is 11.5 Å². The van der Waals surface area contributed by atoms with Crippen LogP contribution in [0.25, 0.3) is 6.08 Å². The number of halogens is 3. The van der Waals surface area contributed by atoms with Gasteiger partial charge < -0.3 is 9.47 Å². The number of carbonyl (C=O) groups is 2. The van der Waals surface area contributed by atoms with Crippen molar-refractivity contribution in [3.05, 3.63) is 98.1 Å². The van der Waals surface area contributed by atoms with Gasteiger partial charge in [0.25, 0.3) is 11.1 Å². The van der Waals surface area contributed by atoms with Gasteiger partial charge >= 0.3 is 0 Å². The molecule has 1 fully saturated rings. The Labute approximate surface area is 213 Å². The predicted octanol–water partition coefficient (Wildman–Crippen LogP) is 6.94. The molecule has 0 unspecified atom stereocenters. The summed E-state index contributed by atoms with van der Waals surface area (Å²) in [6.07, 6.45) is 1.60. The first kappa shape index (κ1) is 24.3. The number of benzene rings is 3. The van der Waals surface area contributed by atoms with Crippen molar-refractivity contribution in [3.63, 3.8) is 0 Å². The number of ether oxygens (including phenoxy) is 2. The van der Waals surface area contributed by atoms with Crippen LogP contribution in [-0.2, 0) is 11.4 Å². The van der Waals surface area contributed by atoms with Crippen molar-refractivity contribution in [1.29, 1.82) is 0 Å². The molecular weight excluding hydrogens is 545 g/mol. The van der Waals surface area contributed by atoms with Crippen LogP contribution in [-0.4, -0.2) is 29.2 Å². The number of hydrogen-bond acceptors (Lipinski definition) is 5. The maximum absolute atomic E-state index is 13.9. The molecule has 0 atom stereocenters. The second kappa shape index (κ2) is 11.1. The topological polar surface area (TPSA) is 55.8 Å². The van der Waals surface area contributed by atoms with Crippen molar-refractivity contribution in [2.45, 2.75) is 6.61 Å². The summed E-state index contributed by atoms with van der Waals surface area (Å²) in [5.41, 5.74) is 1.01. The van der Waals surface area contributed by atoms with Crippen LogP contribution in [0, 0.1) is 5.82 Å². The van der Waals surface area contributed by atoms with Crippen LogP contribution >= 0.6 is 39.3 Å². The summed E-state index contributed by atoms with van der Waals surface area (Å²) in [6, 6.07) is 18.5. The van der Waals surface area contributed by atoms with Crippen LogP contribution in [0.2, 0.25) is 5.02 Å². The molecule has 1 heterocycles. The normalized spacial score (nSPS) is 14.7. The highest BCUT2D eigenvalue weighted by molar-refractivity contribution is 9.10. The van der Waals surface area contributed by atoms with Gasteiger partial charge in [-0.25, -0.2) is 4.39 Å². The first-order valence-electron chi connectivity index (χ1n) is 10.2. The Morgan fingerprint density at radius 3 is 2.56 bits per heavy atom. The van der Waals surface area contributed by atoms with Gasteiger partial charge in [0.1, 0.15) is 30.5 Å². The van der Waals surface area contributed by atoms with Crippen molar-refractivity contribution in [2.24, 2.45) is 0 Å². The Morgan fingerprint density at radius 1 is 1.03 bits per heavy atom. The molecule has 3 aromatic rings. The zero-order chi connectivity index (χ0) is 24.1. The molecular formula is C25H18BrClFNO4S. The van der Waals surface area contributed by atoms with Gasteiger partial charge in [-0.05, 0) is 66.4 Å². The highest BCUT2D eigenvalue weighted by atomic mass is 79.9. The fourth-order valence-corrected chi connectivity index (χ4v) is 4.51. The van der Waals surface area contributed by atoms with E-state index in [9.17, 15) is 14.0 Å². The van der Waals surface area contributed by atoms with Crippen LogP contribution < -0.4 is 9.47 Å². The molecule has 0 N–H and O–H groups in total. The molecule has 4 rings (SSSR count). The van der Waals surface area contributed by atoms with E-state index in [0.717, 1.165) is 21.1 Å². The lowest BCUT2D eigenvalue weighted by Gasteiger charge is -2.13. The molecule has 0 spiro atoms. The van der Waals surface area contributed by atoms with Crippen molar-refractivity contribution in [2.75, 3.05) is 13.2 Å². The lowest BCUT2D eigenvalue weighted by Crippen LogP contribution is -2.32. The van der Waals surface area contributed by atoms with Crippen molar-refractivity contribution >= 4 is 56.5 Å². The van der Waals surface area contributed by atoms with Gasteiger partial charge in [0.15, 0.2) is 0 Å². The number of carbonyl (C=O) groups excluding carboxylic acids is 2. The molecule has 174 valence electrons. The molecule has 0 radical (unpaired) electrons. The van der Waals surface area contributed by atoms with Gasteiger partial charge in [-0.1, -0.05) is 45.7 Å². The lowest BCUT2D eigenvalue weighted by atomic mass is 10.1. The minimum Gasteiger partial charge on any atom is -0.492 e. The third-order valence-electron chi connectivity index (χ3n) is 4.87. The van der Waals surface area contributed by atoms with Gasteiger partial charge in [-0.2, -0.15) is 0 Å². The van der Waals surface area contributed by atoms with E-state index >= 15 is 0 Å². The third kappa shape index (κ3) is 6.00. The number of imide groups is 1. The molecule has 0 aliphatic carbocycles. The van der Waals surface area contributed by atoms with Gasteiger partial charge in [0.05, 0.1) is 11.4 Å². The Bertz CT molecular complexity index is 1250. The SMILES string of the molecule is O=C1S/C(=C\c2cc(Br)ccc2OCc2ccccc2F)C(=O)N1CCOc1ccc(Cl)cc1. The van der Waals surface area contributed by atoms with E-state index in [1.165, 1.54) is 6.07 Å². The summed E-state index contributed by atoms with van der Waals surface area (Å²) in [6.45, 7) is 0.291. The monoisotopic (exact) mass is 561 g/mol. The largest absolute Gasteiger partial charge is 0.492 e. The first-order chi connectivity index (χ1) is 16.4. The fourth-order valence-electron chi connectivity index (χ4n) is 3.15. The van der Waals surface area contributed by atoms with Gasteiger partial charge in [-0.3, -0.25) is 14.5 Å². The van der Waals surface area contributed by atoms with Crippen LogP contribution in [0.4, 0.5) is 9.18 Å². The Hall–Kier alpha value is -2.81. The number of amides is 2. The molecule has 0 aromatic heterocycles. The van der Waals surface area contributed by atoms with E-state index in [1.807, 2.05) is 0 Å². The molecule has 3 aromatic carbocycles. The van der Waals surface area contributed by atoms with E-state index in [0.29, 0.717) is 27.6 Å². The van der Waals surface area contributed by atoms with E-state index in [-0.39, 0.29) is 35.7 Å². The highest BCUT2D eigenvalue weighted by Crippen LogP contribution is 2.35. The second-order valence-electron chi connectivity index (χ2n) is 7.20. The lowest BCUT2D eigenvalue weighted by molar-refractivity contribution is -0.123. The molecule has 1 aliphatic rings. The van der Waals surface area contributed by atoms with Crippen molar-refractivity contribution < 1.29 is 23.5 Å². The summed E-state index contributed by atoms with van der Waals surface area (Å²) >= 11 is 10.1. The molecule has 2 amide bonds. The minimum atomic E-state index is -0.408. The molecule has 34 heavy (non-hydrogen) atoms. The molecule has 0 saturated carbocycles. The molecule has 5 nitrogen and oxygen atoms in total. The quantitative estimate of drug-likeness (QED) is 0.279. The molecule has 0 bridgehead atoms. The average molecular weight is 563 g/mol. The van der Waals surface area contributed by atoms with Crippen LogP contribution in [0.3, 0.4) is 0 Å². The molecule has 1 saturated heterocycles. The van der Waals surface area contributed by atoms with E-state index in [2.05, 4.69) is 15.9 Å². The summed E-state index contributed by atoms with van der Waals surface area (Å²) < 4.78 is 26.1. The number of hydrogen-bond donors (Lipinski definition) is 0. The van der Waals surface area contributed by atoms with Crippen LogP contribution in [0.15, 0.2) is 76.1 Å². The average Bonchev–Trinajstić information content (AvgIpc) is 3.08. The summed E-state index contributed by atoms with van der Waals surface area (Å²) in [5, 5.41) is 0.216. The maximum atomic E-state index is 13.9.